The number of imidazole rings is 1. The zero-order valence-electron chi connectivity index (χ0n) is 18.5. The Morgan fingerprint density at radius 3 is 2.06 bits per heavy atom. The normalized spacial score (nSPS) is 12.7. The molecule has 0 aliphatic carbocycles. The standard InChI is InChI=1S/C25H28N4O3/c1-16(2)15-29-23-21(24(31)28(3)25(29)32)26-22(27-23)20(30)14-19(17-10-6-4-7-11-17)18-12-8-5-9-13-18/h4-13,16,19-20,30H,14-15H2,1-3H3,(H,26,27). The molecule has 0 radical (unpaired) electrons. The fourth-order valence-electron chi connectivity index (χ4n) is 4.11. The Hall–Kier alpha value is -3.45. The van der Waals surface area contributed by atoms with Crippen LogP contribution in [0.25, 0.3) is 11.2 Å². The SMILES string of the molecule is CC(C)Cn1c(=O)n(C)c(=O)c2[nH]c(C(O)CC(c3ccccc3)c3ccccc3)nc21. The van der Waals surface area contributed by atoms with Crippen molar-refractivity contribution in [2.75, 3.05) is 0 Å². The highest BCUT2D eigenvalue weighted by molar-refractivity contribution is 5.70. The van der Waals surface area contributed by atoms with Crippen molar-refractivity contribution in [1.82, 2.24) is 19.1 Å². The second kappa shape index (κ2) is 8.96. The van der Waals surface area contributed by atoms with Gasteiger partial charge in [-0.15, -0.1) is 0 Å². The molecule has 2 aromatic heterocycles. The number of aliphatic hydroxyl groups excluding tert-OH is 1. The Morgan fingerprint density at radius 2 is 1.53 bits per heavy atom. The van der Waals surface area contributed by atoms with E-state index in [0.717, 1.165) is 15.7 Å². The number of hydrogen-bond acceptors (Lipinski definition) is 4. The molecule has 7 nitrogen and oxygen atoms in total. The summed E-state index contributed by atoms with van der Waals surface area (Å²) in [5.41, 5.74) is 1.84. The van der Waals surface area contributed by atoms with Crippen molar-refractivity contribution in [3.8, 4) is 0 Å². The molecule has 7 heteroatoms. The van der Waals surface area contributed by atoms with E-state index in [1.165, 1.54) is 11.6 Å². The van der Waals surface area contributed by atoms with Crippen molar-refractivity contribution < 1.29 is 5.11 Å². The van der Waals surface area contributed by atoms with Crippen molar-refractivity contribution in [3.05, 3.63) is 98.5 Å². The van der Waals surface area contributed by atoms with Gasteiger partial charge in [0.15, 0.2) is 5.65 Å². The molecule has 0 spiro atoms. The summed E-state index contributed by atoms with van der Waals surface area (Å²) in [5.74, 6) is 0.428. The van der Waals surface area contributed by atoms with E-state index < -0.39 is 17.4 Å². The fraction of sp³-hybridized carbons (Fsp3) is 0.320. The average Bonchev–Trinajstić information content (AvgIpc) is 3.25. The minimum atomic E-state index is -0.944. The van der Waals surface area contributed by atoms with Crippen LogP contribution in [0.5, 0.6) is 0 Å². The summed E-state index contributed by atoms with van der Waals surface area (Å²) in [7, 11) is 1.46. The number of aromatic amines is 1. The highest BCUT2D eigenvalue weighted by Crippen LogP contribution is 2.33. The van der Waals surface area contributed by atoms with Crippen LogP contribution in [0.3, 0.4) is 0 Å². The van der Waals surface area contributed by atoms with Gasteiger partial charge in [-0.2, -0.15) is 0 Å². The number of H-pyrrole nitrogens is 1. The third-order valence-corrected chi connectivity index (χ3v) is 5.72. The summed E-state index contributed by atoms with van der Waals surface area (Å²) in [6, 6.07) is 20.0. The molecule has 0 amide bonds. The number of benzene rings is 2. The summed E-state index contributed by atoms with van der Waals surface area (Å²) in [5, 5.41) is 11.1. The number of aromatic nitrogens is 4. The lowest BCUT2D eigenvalue weighted by atomic mass is 9.86. The van der Waals surface area contributed by atoms with Gasteiger partial charge in [0.1, 0.15) is 17.4 Å². The van der Waals surface area contributed by atoms with Gasteiger partial charge in [0, 0.05) is 19.5 Å². The van der Waals surface area contributed by atoms with Crippen LogP contribution in [0.4, 0.5) is 0 Å². The van der Waals surface area contributed by atoms with Crippen LogP contribution in [0, 0.1) is 5.92 Å². The smallest absolute Gasteiger partial charge is 0.332 e. The molecule has 0 saturated carbocycles. The third kappa shape index (κ3) is 4.16. The van der Waals surface area contributed by atoms with Gasteiger partial charge in [-0.3, -0.25) is 13.9 Å². The van der Waals surface area contributed by atoms with Crippen LogP contribution in [0.15, 0.2) is 70.3 Å². The van der Waals surface area contributed by atoms with Crippen molar-refractivity contribution in [1.29, 1.82) is 0 Å². The van der Waals surface area contributed by atoms with Crippen molar-refractivity contribution in [3.63, 3.8) is 0 Å². The maximum Gasteiger partial charge on any atom is 0.332 e. The van der Waals surface area contributed by atoms with Crippen molar-refractivity contribution >= 4 is 11.2 Å². The fourth-order valence-corrected chi connectivity index (χ4v) is 4.11. The summed E-state index contributed by atoms with van der Waals surface area (Å²) in [6.45, 7) is 4.42. The Morgan fingerprint density at radius 1 is 0.969 bits per heavy atom. The van der Waals surface area contributed by atoms with E-state index in [2.05, 4.69) is 9.97 Å². The van der Waals surface area contributed by atoms with Gasteiger partial charge in [-0.25, -0.2) is 9.78 Å². The van der Waals surface area contributed by atoms with Crippen LogP contribution in [0.2, 0.25) is 0 Å². The van der Waals surface area contributed by atoms with E-state index in [-0.39, 0.29) is 28.8 Å². The van der Waals surface area contributed by atoms with E-state index in [0.29, 0.717) is 13.0 Å². The first-order chi connectivity index (χ1) is 15.4. The van der Waals surface area contributed by atoms with Crippen molar-refractivity contribution in [2.24, 2.45) is 13.0 Å². The average molecular weight is 433 g/mol. The Bertz CT molecular complexity index is 1280. The van der Waals surface area contributed by atoms with E-state index >= 15 is 0 Å². The van der Waals surface area contributed by atoms with E-state index in [1.54, 1.807) is 0 Å². The molecular weight excluding hydrogens is 404 g/mol. The first-order valence-electron chi connectivity index (χ1n) is 10.8. The van der Waals surface area contributed by atoms with Gasteiger partial charge in [-0.05, 0) is 23.5 Å². The zero-order valence-corrected chi connectivity index (χ0v) is 18.5. The minimum Gasteiger partial charge on any atom is -0.385 e. The molecule has 1 atom stereocenters. The maximum atomic E-state index is 12.7. The largest absolute Gasteiger partial charge is 0.385 e. The monoisotopic (exact) mass is 432 g/mol. The van der Waals surface area contributed by atoms with Crippen LogP contribution in [0.1, 0.15) is 49.2 Å². The Kier molecular flexibility index (Phi) is 6.10. The second-order valence-electron chi connectivity index (χ2n) is 8.60. The maximum absolute atomic E-state index is 12.7. The summed E-state index contributed by atoms with van der Waals surface area (Å²) in [6.07, 6.45) is -0.567. The van der Waals surface area contributed by atoms with Crippen LogP contribution in [-0.2, 0) is 13.6 Å². The highest BCUT2D eigenvalue weighted by Gasteiger charge is 2.24. The lowest BCUT2D eigenvalue weighted by molar-refractivity contribution is 0.153. The molecule has 4 rings (SSSR count). The van der Waals surface area contributed by atoms with E-state index in [4.69, 9.17) is 0 Å². The molecule has 0 aliphatic heterocycles. The molecule has 0 bridgehead atoms. The van der Waals surface area contributed by atoms with Crippen LogP contribution >= 0.6 is 0 Å². The van der Waals surface area contributed by atoms with Crippen molar-refractivity contribution in [2.45, 2.75) is 38.8 Å². The molecule has 0 saturated heterocycles. The predicted octanol–water partition coefficient (Wildman–Crippen LogP) is 3.33. The molecule has 4 aromatic rings. The molecule has 32 heavy (non-hydrogen) atoms. The lowest BCUT2D eigenvalue weighted by Gasteiger charge is -2.20. The quantitative estimate of drug-likeness (QED) is 0.468. The van der Waals surface area contributed by atoms with Crippen LogP contribution < -0.4 is 11.2 Å². The van der Waals surface area contributed by atoms with Gasteiger partial charge in [0.05, 0.1) is 0 Å². The van der Waals surface area contributed by atoms with E-state index in [1.807, 2.05) is 74.5 Å². The number of aliphatic hydroxyl groups is 1. The van der Waals surface area contributed by atoms with E-state index in [9.17, 15) is 14.7 Å². The minimum absolute atomic E-state index is 0.0543. The first-order valence-corrected chi connectivity index (χ1v) is 10.8. The number of fused-ring (bicyclic) bond motifs is 1. The molecule has 2 aromatic carbocycles. The van der Waals surface area contributed by atoms with Crippen LogP contribution in [-0.4, -0.2) is 24.2 Å². The number of nitrogens with one attached hydrogen (secondary N) is 1. The first kappa shape index (κ1) is 21.8. The zero-order chi connectivity index (χ0) is 22.8. The Labute approximate surface area is 186 Å². The highest BCUT2D eigenvalue weighted by atomic mass is 16.3. The summed E-state index contributed by atoms with van der Waals surface area (Å²) in [4.78, 5) is 32.9. The van der Waals surface area contributed by atoms with Gasteiger partial charge < -0.3 is 10.1 Å². The molecule has 1 unspecified atom stereocenters. The van der Waals surface area contributed by atoms with Gasteiger partial charge in [0.25, 0.3) is 5.56 Å². The lowest BCUT2D eigenvalue weighted by Crippen LogP contribution is -2.38. The molecule has 0 aliphatic rings. The van der Waals surface area contributed by atoms with Gasteiger partial charge >= 0.3 is 5.69 Å². The molecular formula is C25H28N4O3. The number of hydrogen-bond donors (Lipinski definition) is 2. The Balaban J connectivity index is 1.76. The summed E-state index contributed by atoms with van der Waals surface area (Å²) < 4.78 is 2.58. The summed E-state index contributed by atoms with van der Waals surface area (Å²) >= 11 is 0. The molecule has 2 N–H and O–H groups in total. The molecule has 0 fully saturated rings. The second-order valence-corrected chi connectivity index (χ2v) is 8.60. The van der Waals surface area contributed by atoms with Gasteiger partial charge in [0.2, 0.25) is 0 Å². The number of nitrogens with zero attached hydrogens (tertiary/aromatic N) is 3. The predicted molar refractivity (Wildman–Crippen MR) is 125 cm³/mol. The third-order valence-electron chi connectivity index (χ3n) is 5.72. The number of rotatable bonds is 7. The van der Waals surface area contributed by atoms with Gasteiger partial charge in [-0.1, -0.05) is 74.5 Å². The molecule has 166 valence electrons. The molecule has 2 heterocycles. The topological polar surface area (TPSA) is 92.9 Å².